The van der Waals surface area contributed by atoms with Crippen LogP contribution in [0.25, 0.3) is 0 Å². The third-order valence-corrected chi connectivity index (χ3v) is 1.89. The Morgan fingerprint density at radius 2 is 2.23 bits per heavy atom. The van der Waals surface area contributed by atoms with E-state index in [-0.39, 0.29) is 0 Å². The maximum atomic E-state index is 3.25. The summed E-state index contributed by atoms with van der Waals surface area (Å²) >= 11 is 0. The van der Waals surface area contributed by atoms with Gasteiger partial charge in [0, 0.05) is 5.69 Å². The van der Waals surface area contributed by atoms with Gasteiger partial charge < -0.3 is 5.32 Å². The van der Waals surface area contributed by atoms with Crippen LogP contribution in [0.2, 0.25) is 0 Å². The molecule has 0 fully saturated rings. The van der Waals surface area contributed by atoms with Gasteiger partial charge in [-0.05, 0) is 31.0 Å². The Morgan fingerprint density at radius 3 is 2.92 bits per heavy atom. The summed E-state index contributed by atoms with van der Waals surface area (Å²) in [5.41, 5.74) is 2.51. The summed E-state index contributed by atoms with van der Waals surface area (Å²) in [5.74, 6) is 5.83. The van der Waals surface area contributed by atoms with Crippen LogP contribution in [0.15, 0.2) is 24.3 Å². The van der Waals surface area contributed by atoms with Gasteiger partial charge in [0.2, 0.25) is 0 Å². The highest BCUT2D eigenvalue weighted by atomic mass is 14.8. The van der Waals surface area contributed by atoms with Crippen molar-refractivity contribution in [2.45, 2.75) is 20.3 Å². The van der Waals surface area contributed by atoms with Crippen molar-refractivity contribution in [1.82, 2.24) is 0 Å². The third kappa shape index (κ3) is 3.21. The first-order valence-electron chi connectivity index (χ1n) is 4.59. The molecule has 1 N–H and O–H groups in total. The highest BCUT2D eigenvalue weighted by Gasteiger charge is 1.91. The molecule has 0 spiro atoms. The largest absolute Gasteiger partial charge is 0.374 e. The molecule has 13 heavy (non-hydrogen) atoms. The second-order valence-electron chi connectivity index (χ2n) is 2.83. The van der Waals surface area contributed by atoms with Crippen LogP contribution in [0.4, 0.5) is 5.69 Å². The molecule has 0 aromatic heterocycles. The fourth-order valence-corrected chi connectivity index (χ4v) is 1.14. The van der Waals surface area contributed by atoms with Crippen molar-refractivity contribution in [3.8, 4) is 11.8 Å². The average Bonchev–Trinajstić information content (AvgIpc) is 2.19. The van der Waals surface area contributed by atoms with Gasteiger partial charge in [-0.1, -0.05) is 25.0 Å². The fourth-order valence-electron chi connectivity index (χ4n) is 1.14. The lowest BCUT2D eigenvalue weighted by molar-refractivity contribution is 1.14. The van der Waals surface area contributed by atoms with E-state index >= 15 is 0 Å². The molecule has 0 bridgehead atoms. The number of nitrogens with one attached hydrogen (secondary N) is 1. The molecule has 0 saturated heterocycles. The Hall–Kier alpha value is -1.42. The van der Waals surface area contributed by atoms with E-state index < -0.39 is 0 Å². The molecule has 1 rings (SSSR count). The number of hydrogen-bond donors (Lipinski definition) is 1. The van der Waals surface area contributed by atoms with E-state index in [9.17, 15) is 0 Å². The summed E-state index contributed by atoms with van der Waals surface area (Å²) in [7, 11) is 0. The maximum Gasteiger partial charge on any atom is 0.0765 e. The maximum absolute atomic E-state index is 3.25. The van der Waals surface area contributed by atoms with E-state index in [2.05, 4.69) is 48.3 Å². The van der Waals surface area contributed by atoms with Gasteiger partial charge in [0.05, 0.1) is 6.54 Å². The highest BCUT2D eigenvalue weighted by Crippen LogP contribution is 2.10. The smallest absolute Gasteiger partial charge is 0.0765 e. The number of rotatable bonds is 3. The molecule has 1 nitrogen and oxygen atoms in total. The zero-order valence-electron chi connectivity index (χ0n) is 8.22. The van der Waals surface area contributed by atoms with Crippen molar-refractivity contribution in [3.63, 3.8) is 0 Å². The summed E-state index contributed by atoms with van der Waals surface area (Å²) in [6, 6.07) is 8.44. The van der Waals surface area contributed by atoms with Crippen molar-refractivity contribution >= 4 is 5.69 Å². The quantitative estimate of drug-likeness (QED) is 0.693. The van der Waals surface area contributed by atoms with Crippen LogP contribution in [-0.2, 0) is 6.42 Å². The Labute approximate surface area is 80.2 Å². The van der Waals surface area contributed by atoms with Crippen molar-refractivity contribution < 1.29 is 0 Å². The SMILES string of the molecule is CC#CCNc1cccc(CC)c1. The lowest BCUT2D eigenvalue weighted by Gasteiger charge is -2.03. The van der Waals surface area contributed by atoms with Crippen molar-refractivity contribution in [1.29, 1.82) is 0 Å². The average molecular weight is 173 g/mol. The molecule has 0 radical (unpaired) electrons. The molecular formula is C12H15N. The van der Waals surface area contributed by atoms with Gasteiger partial charge >= 0.3 is 0 Å². The van der Waals surface area contributed by atoms with Crippen LogP contribution in [0.1, 0.15) is 19.4 Å². The molecule has 1 aromatic carbocycles. The van der Waals surface area contributed by atoms with Crippen LogP contribution >= 0.6 is 0 Å². The zero-order valence-corrected chi connectivity index (χ0v) is 8.22. The molecule has 0 heterocycles. The molecule has 68 valence electrons. The van der Waals surface area contributed by atoms with Crippen LogP contribution in [-0.4, -0.2) is 6.54 Å². The van der Waals surface area contributed by atoms with E-state index in [0.717, 1.165) is 18.7 Å². The Bertz CT molecular complexity index is 317. The molecule has 0 atom stereocenters. The topological polar surface area (TPSA) is 12.0 Å². The molecule has 1 heteroatoms. The lowest BCUT2D eigenvalue weighted by Crippen LogP contribution is -1.98. The Morgan fingerprint density at radius 1 is 1.38 bits per heavy atom. The third-order valence-electron chi connectivity index (χ3n) is 1.89. The Kier molecular flexibility index (Phi) is 3.92. The van der Waals surface area contributed by atoms with Gasteiger partial charge in [-0.3, -0.25) is 0 Å². The van der Waals surface area contributed by atoms with E-state index in [4.69, 9.17) is 0 Å². The van der Waals surface area contributed by atoms with Crippen LogP contribution in [0.5, 0.6) is 0 Å². The minimum Gasteiger partial charge on any atom is -0.374 e. The number of anilines is 1. The minimum atomic E-state index is 0.726. The van der Waals surface area contributed by atoms with Crippen LogP contribution in [0.3, 0.4) is 0 Å². The molecule has 0 aliphatic heterocycles. The van der Waals surface area contributed by atoms with Crippen molar-refractivity contribution in [2.24, 2.45) is 0 Å². The number of aryl methyl sites for hydroxylation is 1. The van der Waals surface area contributed by atoms with Gasteiger partial charge in [-0.2, -0.15) is 0 Å². The van der Waals surface area contributed by atoms with Gasteiger partial charge in [0.25, 0.3) is 0 Å². The molecule has 0 amide bonds. The molecule has 0 aliphatic carbocycles. The Balaban J connectivity index is 2.59. The molecule has 1 aromatic rings. The molecule has 0 unspecified atom stereocenters. The monoisotopic (exact) mass is 173 g/mol. The lowest BCUT2D eigenvalue weighted by atomic mass is 10.1. The van der Waals surface area contributed by atoms with Gasteiger partial charge in [-0.25, -0.2) is 0 Å². The second-order valence-corrected chi connectivity index (χ2v) is 2.83. The zero-order chi connectivity index (χ0) is 9.52. The second kappa shape index (κ2) is 5.27. The molecule has 0 aliphatic rings. The van der Waals surface area contributed by atoms with Gasteiger partial charge in [0.1, 0.15) is 0 Å². The van der Waals surface area contributed by atoms with Gasteiger partial charge in [-0.15, -0.1) is 5.92 Å². The normalized spacial score (nSPS) is 8.77. The van der Waals surface area contributed by atoms with Crippen molar-refractivity contribution in [3.05, 3.63) is 29.8 Å². The van der Waals surface area contributed by atoms with Crippen LogP contribution < -0.4 is 5.32 Å². The van der Waals surface area contributed by atoms with E-state index in [1.165, 1.54) is 5.56 Å². The first kappa shape index (κ1) is 9.67. The molecule has 0 saturated carbocycles. The fraction of sp³-hybridized carbons (Fsp3) is 0.333. The predicted octanol–water partition coefficient (Wildman–Crippen LogP) is 2.68. The molecular weight excluding hydrogens is 158 g/mol. The number of hydrogen-bond acceptors (Lipinski definition) is 1. The first-order valence-corrected chi connectivity index (χ1v) is 4.59. The van der Waals surface area contributed by atoms with Gasteiger partial charge in [0.15, 0.2) is 0 Å². The van der Waals surface area contributed by atoms with Crippen molar-refractivity contribution in [2.75, 3.05) is 11.9 Å². The summed E-state index contributed by atoms with van der Waals surface area (Å²) in [4.78, 5) is 0. The standard InChI is InChI=1S/C12H15N/c1-3-5-9-13-12-8-6-7-11(4-2)10-12/h6-8,10,13H,4,9H2,1-2H3. The summed E-state index contributed by atoms with van der Waals surface area (Å²) < 4.78 is 0. The number of benzene rings is 1. The van der Waals surface area contributed by atoms with E-state index in [0.29, 0.717) is 0 Å². The van der Waals surface area contributed by atoms with Crippen LogP contribution in [0, 0.1) is 11.8 Å². The highest BCUT2D eigenvalue weighted by molar-refractivity contribution is 5.46. The minimum absolute atomic E-state index is 0.726. The van der Waals surface area contributed by atoms with E-state index in [1.807, 2.05) is 6.92 Å². The summed E-state index contributed by atoms with van der Waals surface area (Å²) in [6.45, 7) is 4.73. The predicted molar refractivity (Wildman–Crippen MR) is 57.8 cm³/mol. The summed E-state index contributed by atoms with van der Waals surface area (Å²) in [5, 5.41) is 3.25. The first-order chi connectivity index (χ1) is 6.36. The van der Waals surface area contributed by atoms with E-state index in [1.54, 1.807) is 0 Å². The summed E-state index contributed by atoms with van der Waals surface area (Å²) in [6.07, 6.45) is 1.08.